The first kappa shape index (κ1) is 28.0. The second-order valence-corrected chi connectivity index (χ2v) is 9.97. The van der Waals surface area contributed by atoms with Crippen molar-refractivity contribution in [3.63, 3.8) is 0 Å². The van der Waals surface area contributed by atoms with Gasteiger partial charge in [0.05, 0.1) is 16.3 Å². The van der Waals surface area contributed by atoms with Crippen molar-refractivity contribution in [2.45, 2.75) is 32.6 Å². The van der Waals surface area contributed by atoms with Crippen LogP contribution in [0.5, 0.6) is 5.75 Å². The van der Waals surface area contributed by atoms with E-state index in [2.05, 4.69) is 15.2 Å². The van der Waals surface area contributed by atoms with Gasteiger partial charge in [-0.05, 0) is 54.7 Å². The SMILES string of the molecule is CSCCCC1(C)CN(CC(=O)Nc2cccc(OC(F)F)c2)N=C1c1ccc(C(F)(F)F)c(Cl)c1. The third-order valence-corrected chi connectivity index (χ3v) is 6.65. The Morgan fingerprint density at radius 3 is 2.67 bits per heavy atom. The molecule has 0 spiro atoms. The lowest BCUT2D eigenvalue weighted by Crippen LogP contribution is -2.35. The monoisotopic (exact) mass is 549 g/mol. The topological polar surface area (TPSA) is 53.9 Å². The number of hydrogen-bond donors (Lipinski definition) is 1. The summed E-state index contributed by atoms with van der Waals surface area (Å²) in [6.07, 6.45) is -1.03. The van der Waals surface area contributed by atoms with Crippen molar-refractivity contribution in [1.82, 2.24) is 5.01 Å². The average molecular weight is 550 g/mol. The summed E-state index contributed by atoms with van der Waals surface area (Å²) in [6, 6.07) is 9.16. The van der Waals surface area contributed by atoms with Gasteiger partial charge in [-0.3, -0.25) is 9.80 Å². The highest BCUT2D eigenvalue weighted by molar-refractivity contribution is 7.98. The summed E-state index contributed by atoms with van der Waals surface area (Å²) >= 11 is 7.64. The van der Waals surface area contributed by atoms with Gasteiger partial charge in [0.25, 0.3) is 0 Å². The highest BCUT2D eigenvalue weighted by atomic mass is 35.5. The van der Waals surface area contributed by atoms with E-state index in [0.29, 0.717) is 24.2 Å². The maximum atomic E-state index is 13.2. The third-order valence-electron chi connectivity index (χ3n) is 5.64. The van der Waals surface area contributed by atoms with Gasteiger partial charge in [0.1, 0.15) is 12.3 Å². The minimum absolute atomic E-state index is 0.0927. The van der Waals surface area contributed by atoms with Gasteiger partial charge < -0.3 is 10.1 Å². The number of alkyl halides is 5. The van der Waals surface area contributed by atoms with Gasteiger partial charge in [0.2, 0.25) is 5.91 Å². The molecule has 0 saturated carbocycles. The van der Waals surface area contributed by atoms with Crippen LogP contribution in [0.15, 0.2) is 47.6 Å². The number of rotatable bonds is 10. The minimum Gasteiger partial charge on any atom is -0.435 e. The number of hydrogen-bond acceptors (Lipinski definition) is 5. The van der Waals surface area contributed by atoms with E-state index < -0.39 is 34.7 Å². The molecule has 1 atom stereocenters. The zero-order valence-corrected chi connectivity index (χ0v) is 21.1. The molecule has 0 fully saturated rings. The number of hydrazone groups is 1. The van der Waals surface area contributed by atoms with Crippen LogP contribution < -0.4 is 10.1 Å². The van der Waals surface area contributed by atoms with Gasteiger partial charge in [-0.2, -0.15) is 38.8 Å². The van der Waals surface area contributed by atoms with E-state index in [1.54, 1.807) is 16.8 Å². The van der Waals surface area contributed by atoms with Crippen LogP contribution in [0.2, 0.25) is 5.02 Å². The van der Waals surface area contributed by atoms with Crippen molar-refractivity contribution in [3.05, 3.63) is 58.6 Å². The number of anilines is 1. The van der Waals surface area contributed by atoms with Gasteiger partial charge in [0.15, 0.2) is 0 Å². The van der Waals surface area contributed by atoms with Crippen molar-refractivity contribution in [2.24, 2.45) is 10.5 Å². The molecule has 1 aliphatic rings. The van der Waals surface area contributed by atoms with E-state index in [0.717, 1.165) is 18.2 Å². The van der Waals surface area contributed by atoms with E-state index in [4.69, 9.17) is 11.6 Å². The predicted molar refractivity (Wildman–Crippen MR) is 132 cm³/mol. The Bertz CT molecular complexity index is 1120. The highest BCUT2D eigenvalue weighted by Crippen LogP contribution is 2.39. The standard InChI is InChI=1S/C24H25ClF5N3O2S/c1-23(9-4-10-36-2)14-33(13-20(34)31-16-5-3-6-17(12-16)35-22(26)27)32-21(23)15-7-8-18(19(25)11-15)24(28,29)30/h3,5-8,11-12,22H,4,9-10,13-14H2,1-2H3,(H,31,34). The van der Waals surface area contributed by atoms with Crippen LogP contribution in [-0.4, -0.2) is 48.3 Å². The van der Waals surface area contributed by atoms with Gasteiger partial charge in [-0.25, -0.2) is 0 Å². The number of halogens is 6. The molecule has 0 bridgehead atoms. The molecule has 1 aliphatic heterocycles. The Hall–Kier alpha value is -2.53. The van der Waals surface area contributed by atoms with Crippen molar-refractivity contribution in [2.75, 3.05) is 30.4 Å². The van der Waals surface area contributed by atoms with E-state index >= 15 is 0 Å². The summed E-state index contributed by atoms with van der Waals surface area (Å²) in [5.74, 6) is 0.365. The first-order valence-electron chi connectivity index (χ1n) is 11.0. The van der Waals surface area contributed by atoms with Gasteiger partial charge in [0, 0.05) is 23.7 Å². The Balaban J connectivity index is 1.80. The first-order chi connectivity index (χ1) is 16.9. The van der Waals surface area contributed by atoms with E-state index in [-0.39, 0.29) is 18.0 Å². The maximum Gasteiger partial charge on any atom is 0.417 e. The molecule has 5 nitrogen and oxygen atoms in total. The van der Waals surface area contributed by atoms with E-state index in [1.165, 1.54) is 36.4 Å². The molecule has 1 amide bonds. The molecule has 0 saturated heterocycles. The molecule has 2 aromatic rings. The molecule has 12 heteroatoms. The Kier molecular flexibility index (Phi) is 9.10. The molecule has 196 valence electrons. The smallest absolute Gasteiger partial charge is 0.417 e. The Labute approximate surface area is 215 Å². The van der Waals surface area contributed by atoms with Gasteiger partial charge >= 0.3 is 12.8 Å². The summed E-state index contributed by atoms with van der Waals surface area (Å²) in [7, 11) is 0. The lowest BCUT2D eigenvalue weighted by Gasteiger charge is -2.27. The average Bonchev–Trinajstić information content (AvgIpc) is 3.08. The molecular formula is C24H25ClF5N3O2S. The van der Waals surface area contributed by atoms with Crippen LogP contribution in [0, 0.1) is 5.41 Å². The number of nitrogens with zero attached hydrogens (tertiary/aromatic N) is 2. The molecule has 0 aromatic heterocycles. The normalized spacial score (nSPS) is 17.9. The Morgan fingerprint density at radius 1 is 1.28 bits per heavy atom. The lowest BCUT2D eigenvalue weighted by molar-refractivity contribution is -0.137. The van der Waals surface area contributed by atoms with Crippen LogP contribution in [-0.2, 0) is 11.0 Å². The fourth-order valence-corrected chi connectivity index (χ4v) is 4.81. The molecule has 1 unspecified atom stereocenters. The summed E-state index contributed by atoms with van der Waals surface area (Å²) in [6.45, 7) is -0.801. The number of nitrogens with one attached hydrogen (secondary N) is 1. The largest absolute Gasteiger partial charge is 0.435 e. The number of benzene rings is 2. The van der Waals surface area contributed by atoms with Gasteiger partial charge in [-0.15, -0.1) is 0 Å². The van der Waals surface area contributed by atoms with E-state index in [9.17, 15) is 26.7 Å². The number of carbonyl (C=O) groups is 1. The van der Waals surface area contributed by atoms with Crippen molar-refractivity contribution in [1.29, 1.82) is 0 Å². The summed E-state index contributed by atoms with van der Waals surface area (Å²) in [4.78, 5) is 12.7. The fourth-order valence-electron chi connectivity index (χ4n) is 4.09. The minimum atomic E-state index is -4.57. The van der Waals surface area contributed by atoms with Crippen molar-refractivity contribution in [3.8, 4) is 5.75 Å². The van der Waals surface area contributed by atoms with Gasteiger partial charge in [-0.1, -0.05) is 30.7 Å². The predicted octanol–water partition coefficient (Wildman–Crippen LogP) is 6.77. The van der Waals surface area contributed by atoms with Crippen LogP contribution in [0.25, 0.3) is 0 Å². The maximum absolute atomic E-state index is 13.2. The molecule has 1 N–H and O–H groups in total. The second kappa shape index (κ2) is 11.7. The number of ether oxygens (including phenoxy) is 1. The molecule has 36 heavy (non-hydrogen) atoms. The zero-order chi connectivity index (χ0) is 26.5. The summed E-state index contributed by atoms with van der Waals surface area (Å²) in [5.41, 5.74) is -0.160. The quantitative estimate of drug-likeness (QED) is 0.262. The Morgan fingerprint density at radius 2 is 2.03 bits per heavy atom. The van der Waals surface area contributed by atoms with Crippen LogP contribution in [0.1, 0.15) is 30.9 Å². The van der Waals surface area contributed by atoms with Crippen molar-refractivity contribution >= 4 is 40.7 Å². The molecule has 0 aliphatic carbocycles. The second-order valence-electron chi connectivity index (χ2n) is 8.58. The number of amides is 1. The van der Waals surface area contributed by atoms with E-state index in [1.807, 2.05) is 13.2 Å². The summed E-state index contributed by atoms with van der Waals surface area (Å²) < 4.78 is 68.8. The van der Waals surface area contributed by atoms with Crippen LogP contribution in [0.4, 0.5) is 27.6 Å². The van der Waals surface area contributed by atoms with Crippen molar-refractivity contribution < 1.29 is 31.5 Å². The summed E-state index contributed by atoms with van der Waals surface area (Å²) in [5, 5.41) is 8.34. The molecule has 3 rings (SSSR count). The fraction of sp³-hybridized carbons (Fsp3) is 0.417. The molecular weight excluding hydrogens is 525 g/mol. The number of thioether (sulfide) groups is 1. The lowest BCUT2D eigenvalue weighted by atomic mass is 9.78. The van der Waals surface area contributed by atoms with Crippen LogP contribution >= 0.6 is 23.4 Å². The first-order valence-corrected chi connectivity index (χ1v) is 12.7. The highest BCUT2D eigenvalue weighted by Gasteiger charge is 2.40. The molecule has 0 radical (unpaired) electrons. The van der Waals surface area contributed by atoms with Crippen LogP contribution in [0.3, 0.4) is 0 Å². The zero-order valence-electron chi connectivity index (χ0n) is 19.5. The third kappa shape index (κ3) is 7.25. The molecule has 1 heterocycles. The number of carbonyl (C=O) groups excluding carboxylic acids is 1. The molecule has 2 aromatic carbocycles.